The molecule has 0 aliphatic rings. The molecule has 0 radical (unpaired) electrons. The Morgan fingerprint density at radius 3 is 2.40 bits per heavy atom. The van der Waals surface area contributed by atoms with Gasteiger partial charge in [-0.1, -0.05) is 11.6 Å². The highest BCUT2D eigenvalue weighted by atomic mass is 35.5. The fourth-order valence-corrected chi connectivity index (χ4v) is 1.91. The molecular formula is C15H15ClN2O2. The van der Waals surface area contributed by atoms with Crippen molar-refractivity contribution in [1.82, 2.24) is 0 Å². The molecule has 0 heterocycles. The number of halogens is 1. The summed E-state index contributed by atoms with van der Waals surface area (Å²) in [6, 6.07) is 12.1. The molecule has 2 aromatic rings. The number of benzene rings is 2. The van der Waals surface area contributed by atoms with Crippen LogP contribution < -0.4 is 15.4 Å². The van der Waals surface area contributed by atoms with E-state index in [0.717, 1.165) is 11.4 Å². The van der Waals surface area contributed by atoms with E-state index in [4.69, 9.17) is 22.1 Å². The third-order valence-electron chi connectivity index (χ3n) is 3.01. The Labute approximate surface area is 122 Å². The number of nitrogens with two attached hydrogens (primary N) is 1. The second-order valence-corrected chi connectivity index (χ2v) is 4.71. The van der Waals surface area contributed by atoms with Crippen LogP contribution in [0.15, 0.2) is 42.5 Å². The second kappa shape index (κ2) is 5.84. The van der Waals surface area contributed by atoms with Crippen molar-refractivity contribution in [2.45, 2.75) is 0 Å². The molecule has 0 aliphatic heterocycles. The second-order valence-electron chi connectivity index (χ2n) is 4.30. The van der Waals surface area contributed by atoms with Gasteiger partial charge in [0.05, 0.1) is 17.8 Å². The van der Waals surface area contributed by atoms with Gasteiger partial charge in [-0.25, -0.2) is 0 Å². The number of nitrogen functional groups attached to an aromatic ring is 1. The molecule has 4 nitrogen and oxygen atoms in total. The van der Waals surface area contributed by atoms with Gasteiger partial charge in [-0.15, -0.1) is 0 Å². The number of carbonyl (C=O) groups excluding carboxylic acids is 1. The van der Waals surface area contributed by atoms with Crippen LogP contribution in [0.25, 0.3) is 0 Å². The molecule has 0 aliphatic carbocycles. The molecule has 20 heavy (non-hydrogen) atoms. The number of nitrogens with zero attached hydrogens (tertiary/aromatic N) is 1. The summed E-state index contributed by atoms with van der Waals surface area (Å²) >= 11 is 5.85. The summed E-state index contributed by atoms with van der Waals surface area (Å²) in [5.41, 5.74) is 7.36. The van der Waals surface area contributed by atoms with Crippen molar-refractivity contribution in [2.75, 3.05) is 24.8 Å². The molecule has 2 rings (SSSR count). The van der Waals surface area contributed by atoms with Gasteiger partial charge in [0.25, 0.3) is 5.91 Å². The average Bonchev–Trinajstić information content (AvgIpc) is 2.48. The molecule has 0 fully saturated rings. The van der Waals surface area contributed by atoms with E-state index in [1.165, 1.54) is 0 Å². The van der Waals surface area contributed by atoms with E-state index in [2.05, 4.69) is 0 Å². The molecule has 0 unspecified atom stereocenters. The van der Waals surface area contributed by atoms with Crippen molar-refractivity contribution >= 4 is 28.9 Å². The Morgan fingerprint density at radius 2 is 1.85 bits per heavy atom. The van der Waals surface area contributed by atoms with E-state index >= 15 is 0 Å². The number of carbonyl (C=O) groups is 1. The third kappa shape index (κ3) is 2.86. The standard InChI is InChI=1S/C15H15ClN2O2/c1-18(11-4-6-12(20-2)7-5-11)15(19)10-3-8-13(16)14(17)9-10/h3-9H,17H2,1-2H3. The van der Waals surface area contributed by atoms with Gasteiger partial charge in [0.2, 0.25) is 0 Å². The lowest BCUT2D eigenvalue weighted by molar-refractivity contribution is 0.0993. The molecule has 0 spiro atoms. The zero-order valence-electron chi connectivity index (χ0n) is 11.3. The molecular weight excluding hydrogens is 276 g/mol. The first-order chi connectivity index (χ1) is 9.52. The van der Waals surface area contributed by atoms with Crippen LogP contribution in [0.4, 0.5) is 11.4 Å². The van der Waals surface area contributed by atoms with E-state index < -0.39 is 0 Å². The van der Waals surface area contributed by atoms with Crippen LogP contribution in [-0.4, -0.2) is 20.1 Å². The van der Waals surface area contributed by atoms with E-state index in [9.17, 15) is 4.79 Å². The van der Waals surface area contributed by atoms with Crippen LogP contribution in [-0.2, 0) is 0 Å². The highest BCUT2D eigenvalue weighted by Crippen LogP contribution is 2.23. The maximum atomic E-state index is 12.4. The van der Waals surface area contributed by atoms with E-state index in [0.29, 0.717) is 16.3 Å². The van der Waals surface area contributed by atoms with Crippen molar-refractivity contribution in [3.63, 3.8) is 0 Å². The van der Waals surface area contributed by atoms with Gasteiger partial charge in [-0.05, 0) is 42.5 Å². The monoisotopic (exact) mass is 290 g/mol. The number of rotatable bonds is 3. The first-order valence-corrected chi connectivity index (χ1v) is 6.38. The maximum absolute atomic E-state index is 12.4. The molecule has 0 bridgehead atoms. The van der Waals surface area contributed by atoms with Gasteiger partial charge in [0.1, 0.15) is 5.75 Å². The molecule has 2 aromatic carbocycles. The molecule has 1 amide bonds. The summed E-state index contributed by atoms with van der Waals surface area (Å²) in [5.74, 6) is 0.587. The molecule has 0 aromatic heterocycles. The van der Waals surface area contributed by atoms with Crippen LogP contribution in [0, 0.1) is 0 Å². The summed E-state index contributed by atoms with van der Waals surface area (Å²) < 4.78 is 5.09. The summed E-state index contributed by atoms with van der Waals surface area (Å²) in [7, 11) is 3.30. The lowest BCUT2D eigenvalue weighted by Crippen LogP contribution is -2.26. The van der Waals surface area contributed by atoms with E-state index in [1.54, 1.807) is 49.4 Å². The van der Waals surface area contributed by atoms with Gasteiger partial charge < -0.3 is 15.4 Å². The van der Waals surface area contributed by atoms with Crippen LogP contribution >= 0.6 is 11.6 Å². The average molecular weight is 291 g/mol. The summed E-state index contributed by atoms with van der Waals surface area (Å²) in [5, 5.41) is 0.439. The number of ether oxygens (including phenoxy) is 1. The Kier molecular flexibility index (Phi) is 4.15. The molecule has 2 N–H and O–H groups in total. The van der Waals surface area contributed by atoms with Crippen molar-refractivity contribution in [2.24, 2.45) is 0 Å². The van der Waals surface area contributed by atoms with Gasteiger partial charge >= 0.3 is 0 Å². The Balaban J connectivity index is 2.24. The summed E-state index contributed by atoms with van der Waals surface area (Å²) in [6.45, 7) is 0. The zero-order valence-corrected chi connectivity index (χ0v) is 12.0. The van der Waals surface area contributed by atoms with Crippen molar-refractivity contribution < 1.29 is 9.53 Å². The predicted molar refractivity (Wildman–Crippen MR) is 81.6 cm³/mol. The number of anilines is 2. The summed E-state index contributed by atoms with van der Waals surface area (Å²) in [4.78, 5) is 13.9. The normalized spacial score (nSPS) is 10.2. The van der Waals surface area contributed by atoms with Crippen molar-refractivity contribution in [1.29, 1.82) is 0 Å². The number of hydrogen-bond acceptors (Lipinski definition) is 3. The van der Waals surface area contributed by atoms with Gasteiger partial charge in [-0.3, -0.25) is 4.79 Å². The minimum Gasteiger partial charge on any atom is -0.497 e. The van der Waals surface area contributed by atoms with Crippen LogP contribution in [0.2, 0.25) is 5.02 Å². The molecule has 104 valence electrons. The topological polar surface area (TPSA) is 55.6 Å². The molecule has 0 atom stereocenters. The number of hydrogen-bond donors (Lipinski definition) is 1. The van der Waals surface area contributed by atoms with Crippen LogP contribution in [0.5, 0.6) is 5.75 Å². The Morgan fingerprint density at radius 1 is 1.20 bits per heavy atom. The van der Waals surface area contributed by atoms with Gasteiger partial charge in [0, 0.05) is 18.3 Å². The largest absolute Gasteiger partial charge is 0.497 e. The minimum atomic E-state index is -0.154. The SMILES string of the molecule is COc1ccc(N(C)C(=O)c2ccc(Cl)c(N)c2)cc1. The summed E-state index contributed by atoms with van der Waals surface area (Å²) in [6.07, 6.45) is 0. The Bertz CT molecular complexity index is 626. The molecule has 0 saturated heterocycles. The molecule has 0 saturated carbocycles. The van der Waals surface area contributed by atoms with Crippen molar-refractivity contribution in [3.05, 3.63) is 53.1 Å². The lowest BCUT2D eigenvalue weighted by Gasteiger charge is -2.18. The fourth-order valence-electron chi connectivity index (χ4n) is 1.79. The predicted octanol–water partition coefficient (Wildman–Crippen LogP) is 3.21. The number of amides is 1. The third-order valence-corrected chi connectivity index (χ3v) is 3.35. The van der Waals surface area contributed by atoms with Crippen LogP contribution in [0.1, 0.15) is 10.4 Å². The maximum Gasteiger partial charge on any atom is 0.258 e. The first kappa shape index (κ1) is 14.2. The lowest BCUT2D eigenvalue weighted by atomic mass is 10.1. The van der Waals surface area contributed by atoms with Gasteiger partial charge in [-0.2, -0.15) is 0 Å². The van der Waals surface area contributed by atoms with Crippen molar-refractivity contribution in [3.8, 4) is 5.75 Å². The first-order valence-electron chi connectivity index (χ1n) is 6.00. The van der Waals surface area contributed by atoms with Gasteiger partial charge in [0.15, 0.2) is 0 Å². The molecule has 5 heteroatoms. The quantitative estimate of drug-likeness (QED) is 0.883. The zero-order chi connectivity index (χ0) is 14.7. The number of methoxy groups -OCH3 is 1. The van der Waals surface area contributed by atoms with Crippen LogP contribution in [0.3, 0.4) is 0 Å². The highest BCUT2D eigenvalue weighted by Gasteiger charge is 2.14. The smallest absolute Gasteiger partial charge is 0.258 e. The Hall–Kier alpha value is -2.20. The van der Waals surface area contributed by atoms with E-state index in [1.807, 2.05) is 12.1 Å². The highest BCUT2D eigenvalue weighted by molar-refractivity contribution is 6.33. The fraction of sp³-hybridized carbons (Fsp3) is 0.133. The van der Waals surface area contributed by atoms with E-state index in [-0.39, 0.29) is 5.91 Å². The minimum absolute atomic E-state index is 0.154.